The van der Waals surface area contributed by atoms with Crippen LogP contribution in [0.2, 0.25) is 0 Å². The molecule has 0 aliphatic heterocycles. The number of aromatic nitrogens is 2. The van der Waals surface area contributed by atoms with Crippen molar-refractivity contribution >= 4 is 22.9 Å². The quantitative estimate of drug-likeness (QED) is 0.795. The average Bonchev–Trinajstić information content (AvgIpc) is 2.70. The van der Waals surface area contributed by atoms with Gasteiger partial charge in [0, 0.05) is 17.5 Å². The van der Waals surface area contributed by atoms with Crippen LogP contribution in [0.25, 0.3) is 0 Å². The molecule has 4 nitrogen and oxygen atoms in total. The maximum absolute atomic E-state index is 11.7. The molecule has 0 aliphatic rings. The molecule has 2 heterocycles. The van der Waals surface area contributed by atoms with Crippen molar-refractivity contribution in [1.82, 2.24) is 9.97 Å². The first-order chi connectivity index (χ1) is 7.25. The van der Waals surface area contributed by atoms with Crippen LogP contribution in [-0.4, -0.2) is 15.8 Å². The van der Waals surface area contributed by atoms with E-state index in [1.54, 1.807) is 29.9 Å². The summed E-state index contributed by atoms with van der Waals surface area (Å²) in [5.41, 5.74) is 7.61. The summed E-state index contributed by atoms with van der Waals surface area (Å²) in [5, 5.41) is 0. The molecule has 0 saturated carbocycles. The highest BCUT2D eigenvalue weighted by Gasteiger charge is 2.09. The van der Waals surface area contributed by atoms with E-state index in [9.17, 15) is 4.79 Å². The third-order valence-electron chi connectivity index (χ3n) is 1.87. The van der Waals surface area contributed by atoms with Gasteiger partial charge < -0.3 is 5.73 Å². The van der Waals surface area contributed by atoms with Crippen LogP contribution in [0.3, 0.4) is 0 Å². The highest BCUT2D eigenvalue weighted by Crippen LogP contribution is 2.10. The van der Waals surface area contributed by atoms with E-state index in [1.165, 1.54) is 11.3 Å². The van der Waals surface area contributed by atoms with Crippen LogP contribution < -0.4 is 5.73 Å². The van der Waals surface area contributed by atoms with Gasteiger partial charge >= 0.3 is 0 Å². The molecule has 5 heteroatoms. The molecule has 0 unspecified atom stereocenters. The molecule has 0 aromatic carbocycles. The Hall–Kier alpha value is -1.75. The van der Waals surface area contributed by atoms with Crippen molar-refractivity contribution in [2.75, 3.05) is 5.73 Å². The van der Waals surface area contributed by atoms with E-state index in [0.717, 1.165) is 4.88 Å². The number of anilines is 1. The lowest BCUT2D eigenvalue weighted by Crippen LogP contribution is -2.06. The molecule has 0 saturated heterocycles. The van der Waals surface area contributed by atoms with Crippen LogP contribution in [0.15, 0.2) is 29.9 Å². The van der Waals surface area contributed by atoms with Gasteiger partial charge in [-0.1, -0.05) is 6.07 Å². The first-order valence-electron chi connectivity index (χ1n) is 4.39. The van der Waals surface area contributed by atoms with E-state index in [-0.39, 0.29) is 5.78 Å². The van der Waals surface area contributed by atoms with Gasteiger partial charge in [-0.3, -0.25) is 9.78 Å². The maximum Gasteiger partial charge on any atom is 0.186 e. The second-order valence-electron chi connectivity index (χ2n) is 3.02. The van der Waals surface area contributed by atoms with E-state index >= 15 is 0 Å². The monoisotopic (exact) mass is 219 g/mol. The van der Waals surface area contributed by atoms with Gasteiger partial charge in [-0.25, -0.2) is 4.98 Å². The van der Waals surface area contributed by atoms with Crippen molar-refractivity contribution in [3.05, 3.63) is 40.5 Å². The summed E-state index contributed by atoms with van der Waals surface area (Å²) in [5.74, 6) is 0.330. The van der Waals surface area contributed by atoms with Crippen molar-refractivity contribution in [3.63, 3.8) is 0 Å². The maximum atomic E-state index is 11.7. The normalized spacial score (nSPS) is 10.1. The van der Waals surface area contributed by atoms with Gasteiger partial charge in [0.1, 0.15) is 11.5 Å². The summed E-state index contributed by atoms with van der Waals surface area (Å²) in [6.45, 7) is 0. The molecule has 2 aromatic heterocycles. The van der Waals surface area contributed by atoms with Crippen LogP contribution in [-0.2, 0) is 6.42 Å². The van der Waals surface area contributed by atoms with Gasteiger partial charge in [0.2, 0.25) is 0 Å². The van der Waals surface area contributed by atoms with E-state index < -0.39 is 0 Å². The van der Waals surface area contributed by atoms with E-state index in [1.807, 2.05) is 0 Å². The van der Waals surface area contributed by atoms with Crippen LogP contribution in [0.4, 0.5) is 5.82 Å². The number of nitrogens with zero attached hydrogens (tertiary/aromatic N) is 2. The third-order valence-corrected chi connectivity index (χ3v) is 2.65. The Bertz CT molecular complexity index is 467. The fourth-order valence-electron chi connectivity index (χ4n) is 1.18. The number of ketones is 1. The van der Waals surface area contributed by atoms with Crippen molar-refractivity contribution in [2.45, 2.75) is 6.42 Å². The second-order valence-corrected chi connectivity index (χ2v) is 3.99. The van der Waals surface area contributed by atoms with Crippen molar-refractivity contribution in [1.29, 1.82) is 0 Å². The number of Topliss-reactive ketones (excluding diaryl/α,β-unsaturated/α-hetero) is 1. The minimum absolute atomic E-state index is 0.0356. The number of pyridine rings is 1. The summed E-state index contributed by atoms with van der Waals surface area (Å²) in [6, 6.07) is 5.05. The molecule has 0 amide bonds. The Balaban J connectivity index is 2.15. The number of rotatable bonds is 3. The van der Waals surface area contributed by atoms with E-state index in [0.29, 0.717) is 17.9 Å². The molecular weight excluding hydrogens is 210 g/mol. The number of thiazole rings is 1. The molecule has 2 N–H and O–H groups in total. The SMILES string of the molecule is Nc1cccc(C(=O)Cc2cncs2)n1. The molecule has 0 spiro atoms. The Labute approximate surface area is 90.8 Å². The fourth-order valence-corrected chi connectivity index (χ4v) is 1.78. The second kappa shape index (κ2) is 4.18. The summed E-state index contributed by atoms with van der Waals surface area (Å²) in [6.07, 6.45) is 2.02. The van der Waals surface area contributed by atoms with E-state index in [2.05, 4.69) is 9.97 Å². The van der Waals surface area contributed by atoms with Gasteiger partial charge in [-0.2, -0.15) is 0 Å². The number of hydrogen-bond donors (Lipinski definition) is 1. The number of nitrogens with two attached hydrogens (primary N) is 1. The molecule has 0 aliphatic carbocycles. The molecule has 0 radical (unpaired) electrons. The van der Waals surface area contributed by atoms with Gasteiger partial charge in [0.25, 0.3) is 0 Å². The average molecular weight is 219 g/mol. The topological polar surface area (TPSA) is 68.9 Å². The smallest absolute Gasteiger partial charge is 0.186 e. The molecule has 15 heavy (non-hydrogen) atoms. The lowest BCUT2D eigenvalue weighted by atomic mass is 10.2. The summed E-state index contributed by atoms with van der Waals surface area (Å²) in [7, 11) is 0. The highest BCUT2D eigenvalue weighted by molar-refractivity contribution is 7.09. The van der Waals surface area contributed by atoms with Crippen molar-refractivity contribution in [2.24, 2.45) is 0 Å². The third kappa shape index (κ3) is 2.38. The number of nitrogen functional groups attached to an aromatic ring is 1. The number of carbonyl (C=O) groups is 1. The van der Waals surface area contributed by atoms with Gasteiger partial charge in [-0.05, 0) is 12.1 Å². The highest BCUT2D eigenvalue weighted by atomic mass is 32.1. The molecule has 2 aromatic rings. The molecule has 2 rings (SSSR count). The Kier molecular flexibility index (Phi) is 2.73. The predicted octanol–water partition coefficient (Wildman–Crippen LogP) is 1.55. The van der Waals surface area contributed by atoms with Crippen LogP contribution in [0.5, 0.6) is 0 Å². The van der Waals surface area contributed by atoms with Crippen LogP contribution >= 0.6 is 11.3 Å². The lowest BCUT2D eigenvalue weighted by molar-refractivity contribution is 0.0989. The van der Waals surface area contributed by atoms with Gasteiger partial charge in [-0.15, -0.1) is 11.3 Å². The van der Waals surface area contributed by atoms with Crippen LogP contribution in [0.1, 0.15) is 15.4 Å². The summed E-state index contributed by atoms with van der Waals surface area (Å²) < 4.78 is 0. The van der Waals surface area contributed by atoms with Crippen molar-refractivity contribution < 1.29 is 4.79 Å². The Morgan fingerprint density at radius 1 is 1.47 bits per heavy atom. The summed E-state index contributed by atoms with van der Waals surface area (Å²) >= 11 is 1.46. The van der Waals surface area contributed by atoms with Gasteiger partial charge in [0.15, 0.2) is 5.78 Å². The molecule has 0 atom stereocenters. The zero-order valence-corrected chi connectivity index (χ0v) is 8.70. The largest absolute Gasteiger partial charge is 0.384 e. The van der Waals surface area contributed by atoms with Gasteiger partial charge in [0.05, 0.1) is 5.51 Å². The molecular formula is C10H9N3OS. The summed E-state index contributed by atoms with van der Waals surface area (Å²) in [4.78, 5) is 20.5. The Morgan fingerprint density at radius 2 is 2.33 bits per heavy atom. The zero-order chi connectivity index (χ0) is 10.7. The minimum Gasteiger partial charge on any atom is -0.384 e. The fraction of sp³-hybridized carbons (Fsp3) is 0.100. The lowest BCUT2D eigenvalue weighted by Gasteiger charge is -1.98. The standard InChI is InChI=1S/C10H9N3OS/c11-10-3-1-2-8(13-10)9(14)4-7-5-12-6-15-7/h1-3,5-6H,4H2,(H2,11,13). The number of hydrogen-bond acceptors (Lipinski definition) is 5. The first kappa shape index (κ1) is 9.79. The van der Waals surface area contributed by atoms with Crippen LogP contribution in [0, 0.1) is 0 Å². The van der Waals surface area contributed by atoms with Crippen molar-refractivity contribution in [3.8, 4) is 0 Å². The zero-order valence-electron chi connectivity index (χ0n) is 7.88. The molecule has 76 valence electrons. The van der Waals surface area contributed by atoms with E-state index in [4.69, 9.17) is 5.73 Å². The number of carbonyl (C=O) groups excluding carboxylic acids is 1. The molecule has 0 fully saturated rings. The molecule has 0 bridgehead atoms. The predicted molar refractivity (Wildman–Crippen MR) is 58.8 cm³/mol. The minimum atomic E-state index is -0.0356. The first-order valence-corrected chi connectivity index (χ1v) is 5.27. The Morgan fingerprint density at radius 3 is 3.00 bits per heavy atom.